The molecule has 0 radical (unpaired) electrons. The monoisotopic (exact) mass is 614 g/mol. The van der Waals surface area contributed by atoms with E-state index in [4.69, 9.17) is 15.2 Å². The Morgan fingerprint density at radius 3 is 2.26 bits per heavy atom. The summed E-state index contributed by atoms with van der Waals surface area (Å²) < 4.78 is 36.6. The van der Waals surface area contributed by atoms with Crippen LogP contribution < -0.4 is 10.5 Å². The van der Waals surface area contributed by atoms with E-state index in [-0.39, 0.29) is 37.9 Å². The Morgan fingerprint density at radius 2 is 1.67 bits per heavy atom. The lowest BCUT2D eigenvalue weighted by atomic mass is 10.0. The van der Waals surface area contributed by atoms with E-state index in [9.17, 15) is 22.8 Å². The maximum atomic E-state index is 13.3. The number of benzene rings is 2. The van der Waals surface area contributed by atoms with Crippen molar-refractivity contribution >= 4 is 27.8 Å². The van der Waals surface area contributed by atoms with Gasteiger partial charge in [-0.05, 0) is 57.4 Å². The van der Waals surface area contributed by atoms with Gasteiger partial charge in [0, 0.05) is 49.8 Å². The molecular formula is C31H42N4O7S. The Balaban J connectivity index is 1.37. The van der Waals surface area contributed by atoms with Gasteiger partial charge in [-0.2, -0.15) is 4.31 Å². The molecule has 11 nitrogen and oxygen atoms in total. The van der Waals surface area contributed by atoms with Crippen LogP contribution in [0, 0.1) is 0 Å². The first kappa shape index (κ1) is 32.4. The minimum absolute atomic E-state index is 0.0418. The summed E-state index contributed by atoms with van der Waals surface area (Å²) in [7, 11) is -3.17. The van der Waals surface area contributed by atoms with Crippen LogP contribution in [-0.4, -0.2) is 84.4 Å². The van der Waals surface area contributed by atoms with Gasteiger partial charge in [-0.1, -0.05) is 30.3 Å². The van der Waals surface area contributed by atoms with Crippen LogP contribution in [0.3, 0.4) is 0 Å². The number of ether oxygens (including phenoxy) is 2. The Kier molecular flexibility index (Phi) is 9.83. The third-order valence-electron chi connectivity index (χ3n) is 7.85. The summed E-state index contributed by atoms with van der Waals surface area (Å²) in [6, 6.07) is 12.5. The SMILES string of the molecule is C[C@H](c1ccc(COc2cccc3c2CN([C@@H](CCC(=O)OC(C)(C)C)C(N)=O)C3=O)cc1)N1CCN(S(C)(=O)=O)CC1. The van der Waals surface area contributed by atoms with Gasteiger partial charge in [0.25, 0.3) is 5.91 Å². The molecule has 2 heterocycles. The van der Waals surface area contributed by atoms with Crippen LogP contribution in [-0.2, 0) is 37.5 Å². The van der Waals surface area contributed by atoms with E-state index in [1.165, 1.54) is 15.5 Å². The molecule has 2 aliphatic heterocycles. The van der Waals surface area contributed by atoms with Crippen LogP contribution in [0.2, 0.25) is 0 Å². The van der Waals surface area contributed by atoms with Gasteiger partial charge in [0.15, 0.2) is 0 Å². The predicted molar refractivity (Wildman–Crippen MR) is 162 cm³/mol. The number of esters is 1. The molecule has 1 fully saturated rings. The molecule has 0 bridgehead atoms. The van der Waals surface area contributed by atoms with E-state index in [0.717, 1.165) is 11.1 Å². The van der Waals surface area contributed by atoms with Crippen molar-refractivity contribution in [1.29, 1.82) is 0 Å². The number of carbonyl (C=O) groups excluding carboxylic acids is 3. The van der Waals surface area contributed by atoms with Gasteiger partial charge in [0.05, 0.1) is 12.8 Å². The maximum absolute atomic E-state index is 13.3. The number of piperazine rings is 1. The summed E-state index contributed by atoms with van der Waals surface area (Å²) >= 11 is 0. The van der Waals surface area contributed by atoms with Crippen LogP contribution in [0.1, 0.15) is 73.6 Å². The summed E-state index contributed by atoms with van der Waals surface area (Å²) in [6.07, 6.45) is 1.27. The minimum Gasteiger partial charge on any atom is -0.489 e. The fourth-order valence-electron chi connectivity index (χ4n) is 5.50. The highest BCUT2D eigenvalue weighted by molar-refractivity contribution is 7.88. The zero-order chi connectivity index (χ0) is 31.5. The highest BCUT2D eigenvalue weighted by Crippen LogP contribution is 2.33. The summed E-state index contributed by atoms with van der Waals surface area (Å²) in [5.41, 5.74) is 8.20. The van der Waals surface area contributed by atoms with Gasteiger partial charge >= 0.3 is 5.97 Å². The van der Waals surface area contributed by atoms with Crippen molar-refractivity contribution in [3.05, 3.63) is 64.7 Å². The number of sulfonamides is 1. The fraction of sp³-hybridized carbons (Fsp3) is 0.516. The lowest BCUT2D eigenvalue weighted by molar-refractivity contribution is -0.155. The van der Waals surface area contributed by atoms with Crippen molar-refractivity contribution in [2.75, 3.05) is 32.4 Å². The number of nitrogens with zero attached hydrogens (tertiary/aromatic N) is 3. The van der Waals surface area contributed by atoms with Crippen molar-refractivity contribution < 1.29 is 32.3 Å². The van der Waals surface area contributed by atoms with Crippen molar-refractivity contribution in [3.8, 4) is 5.75 Å². The average Bonchev–Trinajstić information content (AvgIpc) is 3.27. The largest absolute Gasteiger partial charge is 0.489 e. The molecule has 1 saturated heterocycles. The summed E-state index contributed by atoms with van der Waals surface area (Å²) in [5.74, 6) is -0.922. The molecule has 0 aromatic heterocycles. The minimum atomic E-state index is -3.17. The topological polar surface area (TPSA) is 140 Å². The number of amides is 2. The molecule has 0 saturated carbocycles. The first-order valence-corrected chi connectivity index (χ1v) is 16.3. The van der Waals surface area contributed by atoms with E-state index < -0.39 is 33.5 Å². The van der Waals surface area contributed by atoms with E-state index >= 15 is 0 Å². The highest BCUT2D eigenvalue weighted by atomic mass is 32.2. The number of rotatable bonds is 11. The molecule has 2 aromatic rings. The molecule has 43 heavy (non-hydrogen) atoms. The molecule has 2 aromatic carbocycles. The molecule has 0 aliphatic carbocycles. The molecule has 234 valence electrons. The lowest BCUT2D eigenvalue weighted by Crippen LogP contribution is -2.48. The standard InChI is InChI=1S/C31H42N4O7S/c1-21(33-15-17-34(18-16-33)43(5,39)40)23-11-9-22(10-12-23)20-41-27-8-6-7-24-25(27)19-35(30(24)38)26(29(32)37)13-14-28(36)42-31(2,3)4/h6-12,21,26H,13-20H2,1-5H3,(H2,32,37)/t21-,26+/m1/s1. The maximum Gasteiger partial charge on any atom is 0.306 e. The molecule has 2 aliphatic rings. The smallest absolute Gasteiger partial charge is 0.306 e. The third-order valence-corrected chi connectivity index (χ3v) is 9.15. The number of hydrogen-bond donors (Lipinski definition) is 1. The van der Waals surface area contributed by atoms with Gasteiger partial charge in [-0.3, -0.25) is 19.3 Å². The van der Waals surface area contributed by atoms with Gasteiger partial charge in [-0.15, -0.1) is 0 Å². The van der Waals surface area contributed by atoms with E-state index in [2.05, 4.69) is 24.0 Å². The van der Waals surface area contributed by atoms with Crippen LogP contribution in [0.15, 0.2) is 42.5 Å². The second kappa shape index (κ2) is 13.0. The number of primary amides is 1. The molecular weight excluding hydrogens is 572 g/mol. The van der Waals surface area contributed by atoms with Crippen molar-refractivity contribution in [2.45, 2.75) is 71.4 Å². The second-order valence-electron chi connectivity index (χ2n) is 12.2. The van der Waals surface area contributed by atoms with Crippen molar-refractivity contribution in [2.24, 2.45) is 5.73 Å². The van der Waals surface area contributed by atoms with Gasteiger partial charge < -0.3 is 20.1 Å². The summed E-state index contributed by atoms with van der Waals surface area (Å²) in [4.78, 5) is 41.5. The number of carbonyl (C=O) groups is 3. The van der Waals surface area contributed by atoms with Crippen LogP contribution >= 0.6 is 0 Å². The molecule has 2 amide bonds. The molecule has 0 spiro atoms. The Hall–Kier alpha value is -3.48. The normalized spacial score (nSPS) is 17.8. The number of hydrogen-bond acceptors (Lipinski definition) is 8. The van der Waals surface area contributed by atoms with Gasteiger partial charge in [0.1, 0.15) is 24.0 Å². The first-order chi connectivity index (χ1) is 20.1. The quantitative estimate of drug-likeness (QED) is 0.381. The van der Waals surface area contributed by atoms with Crippen LogP contribution in [0.5, 0.6) is 5.75 Å². The predicted octanol–water partition coefficient (Wildman–Crippen LogP) is 2.84. The summed E-state index contributed by atoms with van der Waals surface area (Å²) in [5, 5.41) is 0. The van der Waals surface area contributed by atoms with Gasteiger partial charge in [-0.25, -0.2) is 8.42 Å². The van der Waals surface area contributed by atoms with Gasteiger partial charge in [0.2, 0.25) is 15.9 Å². The van der Waals surface area contributed by atoms with Crippen molar-refractivity contribution in [3.63, 3.8) is 0 Å². The molecule has 2 atom stereocenters. The average molecular weight is 615 g/mol. The van der Waals surface area contributed by atoms with E-state index in [1.807, 2.05) is 12.1 Å². The van der Waals surface area contributed by atoms with E-state index in [0.29, 0.717) is 43.1 Å². The molecule has 4 rings (SSSR count). The number of fused-ring (bicyclic) bond motifs is 1. The fourth-order valence-corrected chi connectivity index (χ4v) is 6.33. The Bertz CT molecular complexity index is 1450. The molecule has 12 heteroatoms. The highest BCUT2D eigenvalue weighted by Gasteiger charge is 2.37. The van der Waals surface area contributed by atoms with Crippen LogP contribution in [0.4, 0.5) is 0 Å². The van der Waals surface area contributed by atoms with E-state index in [1.54, 1.807) is 39.0 Å². The Morgan fingerprint density at radius 1 is 1.02 bits per heavy atom. The lowest BCUT2D eigenvalue weighted by Gasteiger charge is -2.37. The second-order valence-corrected chi connectivity index (χ2v) is 14.1. The zero-order valence-electron chi connectivity index (χ0n) is 25.5. The Labute approximate surface area is 254 Å². The third kappa shape index (κ3) is 8.12. The number of nitrogens with two attached hydrogens (primary N) is 1. The van der Waals surface area contributed by atoms with Crippen molar-refractivity contribution in [1.82, 2.24) is 14.1 Å². The first-order valence-electron chi connectivity index (χ1n) is 14.5. The van der Waals surface area contributed by atoms with Crippen LogP contribution in [0.25, 0.3) is 0 Å². The molecule has 0 unspecified atom stereocenters. The summed E-state index contributed by atoms with van der Waals surface area (Å²) in [6.45, 7) is 10.2. The zero-order valence-corrected chi connectivity index (χ0v) is 26.4. The molecule has 2 N–H and O–H groups in total.